The smallest absolute Gasteiger partial charge is 0.346 e. The average molecular weight is 189 g/mol. The Morgan fingerprint density at radius 1 is 1.33 bits per heavy atom. The molecule has 0 unspecified atom stereocenters. The molecule has 1 saturated carbocycles. The van der Waals surface area contributed by atoms with Crippen LogP contribution in [-0.4, -0.2) is 11.1 Å². The lowest BCUT2D eigenvalue weighted by Gasteiger charge is -2.17. The van der Waals surface area contributed by atoms with Gasteiger partial charge in [-0.25, -0.2) is 4.79 Å². The molecule has 0 aliphatic heterocycles. The van der Waals surface area contributed by atoms with Crippen molar-refractivity contribution < 1.29 is 9.90 Å². The van der Waals surface area contributed by atoms with Gasteiger partial charge in [0, 0.05) is 0 Å². The highest BCUT2D eigenvalue weighted by Crippen LogP contribution is 2.26. The molecule has 0 radical (unpaired) electrons. The second kappa shape index (κ2) is 4.51. The number of halogens is 1. The highest BCUT2D eigenvalue weighted by Gasteiger charge is 2.13. The second-order valence-electron chi connectivity index (χ2n) is 3.22. The van der Waals surface area contributed by atoms with E-state index in [4.69, 9.17) is 16.7 Å². The molecule has 1 aliphatic carbocycles. The highest BCUT2D eigenvalue weighted by molar-refractivity contribution is 6.40. The van der Waals surface area contributed by atoms with Crippen molar-refractivity contribution in [2.75, 3.05) is 0 Å². The molecule has 1 N–H and O–H groups in total. The summed E-state index contributed by atoms with van der Waals surface area (Å²) in [5.74, 6) is -0.621. The molecule has 2 nitrogen and oxygen atoms in total. The number of carboxylic acids is 1. The first-order chi connectivity index (χ1) is 5.70. The fourth-order valence-corrected chi connectivity index (χ4v) is 1.76. The van der Waals surface area contributed by atoms with E-state index in [-0.39, 0.29) is 5.03 Å². The molecule has 68 valence electrons. The summed E-state index contributed by atoms with van der Waals surface area (Å²) < 4.78 is 0. The van der Waals surface area contributed by atoms with Crippen LogP contribution in [0.3, 0.4) is 0 Å². The molecule has 0 atom stereocenters. The Labute approximate surface area is 77.2 Å². The minimum Gasteiger partial charge on any atom is -0.477 e. The first-order valence-electron chi connectivity index (χ1n) is 4.31. The molecule has 0 spiro atoms. The molecule has 1 fully saturated rings. The number of allylic oxidation sites excluding steroid dienone is 1. The fourth-order valence-electron chi connectivity index (χ4n) is 1.58. The minimum atomic E-state index is -1.01. The first-order valence-corrected chi connectivity index (χ1v) is 4.68. The summed E-state index contributed by atoms with van der Waals surface area (Å²) in [6, 6.07) is 0. The van der Waals surface area contributed by atoms with E-state index in [0.29, 0.717) is 5.92 Å². The van der Waals surface area contributed by atoms with Gasteiger partial charge < -0.3 is 5.11 Å². The van der Waals surface area contributed by atoms with Crippen LogP contribution in [0, 0.1) is 5.92 Å². The predicted octanol–water partition coefficient (Wildman–Crippen LogP) is 2.77. The van der Waals surface area contributed by atoms with E-state index in [2.05, 4.69) is 0 Å². The van der Waals surface area contributed by atoms with Gasteiger partial charge in [-0.05, 0) is 18.8 Å². The summed E-state index contributed by atoms with van der Waals surface area (Å²) in [6.07, 6.45) is 7.53. The van der Waals surface area contributed by atoms with E-state index in [1.54, 1.807) is 6.08 Å². The molecule has 0 aromatic carbocycles. The molecular formula is C9H13ClO2. The Bertz CT molecular complexity index is 193. The maximum atomic E-state index is 10.4. The number of carboxylic acid groups (broad SMARTS) is 1. The lowest BCUT2D eigenvalue weighted by Crippen LogP contribution is -2.05. The maximum absolute atomic E-state index is 10.4. The van der Waals surface area contributed by atoms with Crippen molar-refractivity contribution in [1.29, 1.82) is 0 Å². The summed E-state index contributed by atoms with van der Waals surface area (Å²) in [4.78, 5) is 10.4. The number of hydrogen-bond acceptors (Lipinski definition) is 1. The molecule has 12 heavy (non-hydrogen) atoms. The third-order valence-corrected chi connectivity index (χ3v) is 2.52. The van der Waals surface area contributed by atoms with Crippen molar-refractivity contribution in [1.82, 2.24) is 0 Å². The van der Waals surface area contributed by atoms with Crippen LogP contribution in [0.15, 0.2) is 11.1 Å². The van der Waals surface area contributed by atoms with Gasteiger partial charge in [-0.1, -0.05) is 36.9 Å². The zero-order valence-electron chi connectivity index (χ0n) is 6.92. The summed E-state index contributed by atoms with van der Waals surface area (Å²) in [5, 5.41) is 8.49. The van der Waals surface area contributed by atoms with Gasteiger partial charge in [-0.2, -0.15) is 0 Å². The zero-order valence-corrected chi connectivity index (χ0v) is 7.68. The van der Waals surface area contributed by atoms with Crippen LogP contribution >= 0.6 is 11.6 Å². The van der Waals surface area contributed by atoms with Gasteiger partial charge >= 0.3 is 5.97 Å². The van der Waals surface area contributed by atoms with E-state index in [0.717, 1.165) is 12.8 Å². The van der Waals surface area contributed by atoms with E-state index >= 15 is 0 Å². The Balaban J connectivity index is 2.47. The van der Waals surface area contributed by atoms with Gasteiger partial charge in [0.25, 0.3) is 0 Å². The van der Waals surface area contributed by atoms with Gasteiger partial charge in [-0.15, -0.1) is 0 Å². The van der Waals surface area contributed by atoms with Gasteiger partial charge in [0.1, 0.15) is 5.03 Å². The topological polar surface area (TPSA) is 37.3 Å². The van der Waals surface area contributed by atoms with Crippen molar-refractivity contribution >= 4 is 17.6 Å². The molecule has 1 rings (SSSR count). The van der Waals surface area contributed by atoms with Crippen LogP contribution in [-0.2, 0) is 4.79 Å². The van der Waals surface area contributed by atoms with Crippen LogP contribution < -0.4 is 0 Å². The Morgan fingerprint density at radius 3 is 2.42 bits per heavy atom. The molecule has 1 aliphatic rings. The molecule has 0 heterocycles. The maximum Gasteiger partial charge on any atom is 0.346 e. The van der Waals surface area contributed by atoms with E-state index in [1.165, 1.54) is 19.3 Å². The van der Waals surface area contributed by atoms with Gasteiger partial charge in [0.05, 0.1) is 0 Å². The molecule has 0 bridgehead atoms. The molecule has 0 amide bonds. The van der Waals surface area contributed by atoms with Crippen molar-refractivity contribution in [3.63, 3.8) is 0 Å². The summed E-state index contributed by atoms with van der Waals surface area (Å²) in [6.45, 7) is 0. The van der Waals surface area contributed by atoms with Crippen molar-refractivity contribution in [2.45, 2.75) is 32.1 Å². The SMILES string of the molecule is O=C(O)/C(Cl)=C/C1CCCCC1. The van der Waals surface area contributed by atoms with Crippen LogP contribution in [0.4, 0.5) is 0 Å². The monoisotopic (exact) mass is 188 g/mol. The number of carbonyl (C=O) groups is 1. The number of hydrogen-bond donors (Lipinski definition) is 1. The minimum absolute atomic E-state index is 0.0260. The van der Waals surface area contributed by atoms with Crippen LogP contribution in [0.1, 0.15) is 32.1 Å². The normalized spacial score (nSPS) is 20.9. The van der Waals surface area contributed by atoms with E-state index in [1.807, 2.05) is 0 Å². The quantitative estimate of drug-likeness (QED) is 0.677. The lowest BCUT2D eigenvalue weighted by atomic mass is 9.89. The third kappa shape index (κ3) is 2.86. The standard InChI is InChI=1S/C9H13ClO2/c10-8(9(11)12)6-7-4-2-1-3-5-7/h6-7H,1-5H2,(H,11,12)/b8-6-. The van der Waals surface area contributed by atoms with E-state index in [9.17, 15) is 4.79 Å². The Morgan fingerprint density at radius 2 is 1.92 bits per heavy atom. The van der Waals surface area contributed by atoms with Crippen molar-refractivity contribution in [2.24, 2.45) is 5.92 Å². The molecular weight excluding hydrogens is 176 g/mol. The third-order valence-electron chi connectivity index (χ3n) is 2.24. The lowest BCUT2D eigenvalue weighted by molar-refractivity contribution is -0.131. The predicted molar refractivity (Wildman–Crippen MR) is 48.1 cm³/mol. The molecule has 0 aromatic heterocycles. The van der Waals surface area contributed by atoms with Crippen molar-refractivity contribution in [3.05, 3.63) is 11.1 Å². The average Bonchev–Trinajstić information content (AvgIpc) is 2.06. The van der Waals surface area contributed by atoms with E-state index < -0.39 is 5.97 Å². The number of aliphatic carboxylic acids is 1. The molecule has 3 heteroatoms. The Kier molecular flexibility index (Phi) is 3.60. The van der Waals surface area contributed by atoms with Crippen LogP contribution in [0.25, 0.3) is 0 Å². The zero-order chi connectivity index (χ0) is 8.97. The van der Waals surface area contributed by atoms with Gasteiger partial charge in [-0.3, -0.25) is 0 Å². The fraction of sp³-hybridized carbons (Fsp3) is 0.667. The van der Waals surface area contributed by atoms with Crippen LogP contribution in [0.2, 0.25) is 0 Å². The highest BCUT2D eigenvalue weighted by atomic mass is 35.5. The van der Waals surface area contributed by atoms with Gasteiger partial charge in [0.15, 0.2) is 0 Å². The molecule has 0 saturated heterocycles. The number of rotatable bonds is 2. The largest absolute Gasteiger partial charge is 0.477 e. The van der Waals surface area contributed by atoms with Gasteiger partial charge in [0.2, 0.25) is 0 Å². The second-order valence-corrected chi connectivity index (χ2v) is 3.63. The summed E-state index contributed by atoms with van der Waals surface area (Å²) in [7, 11) is 0. The summed E-state index contributed by atoms with van der Waals surface area (Å²) >= 11 is 5.51. The van der Waals surface area contributed by atoms with Crippen molar-refractivity contribution in [3.8, 4) is 0 Å². The first kappa shape index (κ1) is 9.59. The summed E-state index contributed by atoms with van der Waals surface area (Å²) in [5.41, 5.74) is 0. The molecule has 0 aromatic rings. The Hall–Kier alpha value is -0.500. The van der Waals surface area contributed by atoms with Crippen LogP contribution in [0.5, 0.6) is 0 Å².